The number of aromatic nitrogens is 1. The van der Waals surface area contributed by atoms with Crippen molar-refractivity contribution in [2.75, 3.05) is 25.0 Å². The lowest BCUT2D eigenvalue weighted by molar-refractivity contribution is -0.123. The van der Waals surface area contributed by atoms with E-state index in [1.807, 2.05) is 31.2 Å². The second-order valence-corrected chi connectivity index (χ2v) is 8.04. The van der Waals surface area contributed by atoms with E-state index in [0.29, 0.717) is 24.4 Å². The number of para-hydroxylation sites is 1. The molecule has 1 unspecified atom stereocenters. The first-order valence-electron chi connectivity index (χ1n) is 11.4. The van der Waals surface area contributed by atoms with Gasteiger partial charge in [0.15, 0.2) is 6.10 Å². The molecule has 2 heterocycles. The second kappa shape index (κ2) is 10.0. The minimum absolute atomic E-state index is 0.394. The number of carbonyl (C=O) groups is 2. The molecule has 7 heteroatoms. The van der Waals surface area contributed by atoms with E-state index in [1.54, 1.807) is 31.2 Å². The van der Waals surface area contributed by atoms with Crippen LogP contribution in [0.25, 0.3) is 10.9 Å². The number of carbonyl (C=O) groups excluding carboxylic acids is 2. The lowest BCUT2D eigenvalue weighted by atomic mass is 9.95. The summed E-state index contributed by atoms with van der Waals surface area (Å²) >= 11 is 0. The van der Waals surface area contributed by atoms with Gasteiger partial charge >= 0.3 is 5.97 Å². The zero-order chi connectivity index (χ0) is 23.4. The molecule has 1 aliphatic heterocycles. The maximum atomic E-state index is 13.3. The van der Waals surface area contributed by atoms with Crippen molar-refractivity contribution >= 4 is 28.5 Å². The van der Waals surface area contributed by atoms with E-state index in [1.165, 1.54) is 0 Å². The van der Waals surface area contributed by atoms with E-state index < -0.39 is 18.0 Å². The van der Waals surface area contributed by atoms with Gasteiger partial charge < -0.3 is 14.8 Å². The van der Waals surface area contributed by atoms with Crippen LogP contribution >= 0.6 is 0 Å². The highest BCUT2D eigenvalue weighted by Gasteiger charge is 2.28. The number of nitrogens with zero attached hydrogens (tertiary/aromatic N) is 2. The summed E-state index contributed by atoms with van der Waals surface area (Å²) in [4.78, 5) is 33.1. The number of anilines is 1. The Morgan fingerprint density at radius 2 is 1.88 bits per heavy atom. The highest BCUT2D eigenvalue weighted by Crippen LogP contribution is 2.29. The molecule has 3 aromatic rings. The van der Waals surface area contributed by atoms with Gasteiger partial charge in [-0.1, -0.05) is 25.1 Å². The van der Waals surface area contributed by atoms with Gasteiger partial charge in [-0.25, -0.2) is 4.79 Å². The van der Waals surface area contributed by atoms with Gasteiger partial charge in [0, 0.05) is 41.8 Å². The van der Waals surface area contributed by atoms with E-state index in [-0.39, 0.29) is 0 Å². The number of likely N-dealkylation sites (N-methyl/N-ethyl adjacent to an activating group) is 1. The Kier molecular flexibility index (Phi) is 6.89. The third-order valence-electron chi connectivity index (χ3n) is 5.86. The third-order valence-corrected chi connectivity index (χ3v) is 5.86. The SMILES string of the molecule is CCOc1ccc(NC(=O)C(C)OC(=O)c2c3c(nc4ccccc24)CCN(CC)C3)cc1. The van der Waals surface area contributed by atoms with Crippen LogP contribution in [0, 0.1) is 0 Å². The number of benzene rings is 2. The Morgan fingerprint density at radius 1 is 1.12 bits per heavy atom. The molecule has 1 atom stereocenters. The lowest BCUT2D eigenvalue weighted by Crippen LogP contribution is -2.34. The summed E-state index contributed by atoms with van der Waals surface area (Å²) < 4.78 is 11.1. The summed E-state index contributed by atoms with van der Waals surface area (Å²) in [7, 11) is 0. The molecule has 1 aromatic heterocycles. The van der Waals surface area contributed by atoms with Gasteiger partial charge in [0.2, 0.25) is 0 Å². The largest absolute Gasteiger partial charge is 0.494 e. The van der Waals surface area contributed by atoms with Gasteiger partial charge in [0.1, 0.15) is 5.75 Å². The highest BCUT2D eigenvalue weighted by molar-refractivity contribution is 6.06. The fraction of sp³-hybridized carbons (Fsp3) is 0.346. The van der Waals surface area contributed by atoms with Gasteiger partial charge in [-0.15, -0.1) is 0 Å². The zero-order valence-electron chi connectivity index (χ0n) is 19.3. The Balaban J connectivity index is 1.55. The monoisotopic (exact) mass is 447 g/mol. The number of pyridine rings is 1. The molecule has 0 saturated heterocycles. The predicted octanol–water partition coefficient (Wildman–Crippen LogP) is 4.20. The summed E-state index contributed by atoms with van der Waals surface area (Å²) in [5.74, 6) is -0.169. The maximum absolute atomic E-state index is 13.3. The first kappa shape index (κ1) is 22.7. The molecule has 0 spiro atoms. The highest BCUT2D eigenvalue weighted by atomic mass is 16.5. The molecule has 2 aromatic carbocycles. The molecular weight excluding hydrogens is 418 g/mol. The fourth-order valence-electron chi connectivity index (χ4n) is 4.07. The van der Waals surface area contributed by atoms with Gasteiger partial charge in [0.05, 0.1) is 17.7 Å². The third kappa shape index (κ3) is 4.98. The van der Waals surface area contributed by atoms with Crippen molar-refractivity contribution in [2.24, 2.45) is 0 Å². The molecule has 172 valence electrons. The van der Waals surface area contributed by atoms with Gasteiger partial charge in [-0.05, 0) is 50.7 Å². The van der Waals surface area contributed by atoms with Gasteiger partial charge in [-0.3, -0.25) is 14.7 Å². The average Bonchev–Trinajstić information content (AvgIpc) is 2.83. The molecule has 0 fully saturated rings. The molecule has 1 aliphatic rings. The minimum Gasteiger partial charge on any atom is -0.494 e. The van der Waals surface area contributed by atoms with Gasteiger partial charge in [-0.2, -0.15) is 0 Å². The smallest absolute Gasteiger partial charge is 0.339 e. The number of esters is 1. The molecule has 0 bridgehead atoms. The van der Waals surface area contributed by atoms with Crippen molar-refractivity contribution in [2.45, 2.75) is 39.8 Å². The zero-order valence-corrected chi connectivity index (χ0v) is 19.3. The van der Waals surface area contributed by atoms with Crippen LogP contribution < -0.4 is 10.1 Å². The molecule has 4 rings (SSSR count). The van der Waals surface area contributed by atoms with E-state index in [4.69, 9.17) is 14.5 Å². The predicted molar refractivity (Wildman–Crippen MR) is 128 cm³/mol. The number of ether oxygens (including phenoxy) is 2. The van der Waals surface area contributed by atoms with E-state index >= 15 is 0 Å². The Labute approximate surface area is 193 Å². The quantitative estimate of drug-likeness (QED) is 0.547. The van der Waals surface area contributed by atoms with Crippen LogP contribution in [0.1, 0.15) is 42.4 Å². The number of hydrogen-bond acceptors (Lipinski definition) is 6. The number of rotatable bonds is 7. The van der Waals surface area contributed by atoms with E-state index in [9.17, 15) is 9.59 Å². The average molecular weight is 448 g/mol. The topological polar surface area (TPSA) is 80.8 Å². The van der Waals surface area contributed by atoms with Crippen LogP contribution in [0.4, 0.5) is 5.69 Å². The second-order valence-electron chi connectivity index (χ2n) is 8.04. The van der Waals surface area contributed by atoms with Crippen LogP contribution in [0.5, 0.6) is 5.75 Å². The van der Waals surface area contributed by atoms with Crippen LogP contribution in [-0.4, -0.2) is 47.6 Å². The Bertz CT molecular complexity index is 1160. The minimum atomic E-state index is -0.961. The van der Waals surface area contributed by atoms with Crippen LogP contribution in [0.3, 0.4) is 0 Å². The van der Waals surface area contributed by atoms with Crippen molar-refractivity contribution in [3.8, 4) is 5.75 Å². The Hall–Kier alpha value is -3.45. The maximum Gasteiger partial charge on any atom is 0.339 e. The number of nitrogens with one attached hydrogen (secondary N) is 1. The van der Waals surface area contributed by atoms with Crippen molar-refractivity contribution in [1.82, 2.24) is 9.88 Å². The molecule has 0 aliphatic carbocycles. The first-order valence-corrected chi connectivity index (χ1v) is 11.4. The molecular formula is C26H29N3O4. The van der Waals surface area contributed by atoms with Crippen molar-refractivity contribution in [3.63, 3.8) is 0 Å². The van der Waals surface area contributed by atoms with Crippen LogP contribution in [-0.2, 0) is 22.5 Å². The number of amides is 1. The summed E-state index contributed by atoms with van der Waals surface area (Å²) in [6, 6.07) is 14.7. The van der Waals surface area contributed by atoms with Crippen LogP contribution in [0.2, 0.25) is 0 Å². The van der Waals surface area contributed by atoms with E-state index in [2.05, 4.69) is 17.1 Å². The lowest BCUT2D eigenvalue weighted by Gasteiger charge is -2.29. The van der Waals surface area contributed by atoms with Crippen molar-refractivity contribution in [3.05, 3.63) is 65.4 Å². The fourth-order valence-corrected chi connectivity index (χ4v) is 4.07. The molecule has 1 N–H and O–H groups in total. The van der Waals surface area contributed by atoms with Crippen LogP contribution in [0.15, 0.2) is 48.5 Å². The summed E-state index contributed by atoms with van der Waals surface area (Å²) in [5.41, 5.74) is 3.70. The first-order chi connectivity index (χ1) is 16.0. The van der Waals surface area contributed by atoms with Crippen molar-refractivity contribution < 1.29 is 19.1 Å². The number of hydrogen-bond donors (Lipinski definition) is 1. The normalized spacial score (nSPS) is 14.4. The van der Waals surface area contributed by atoms with Gasteiger partial charge in [0.25, 0.3) is 5.91 Å². The molecule has 33 heavy (non-hydrogen) atoms. The van der Waals surface area contributed by atoms with E-state index in [0.717, 1.165) is 47.4 Å². The standard InChI is InChI=1S/C26H29N3O4/c1-4-29-15-14-23-21(16-29)24(20-8-6-7-9-22(20)28-23)26(31)33-17(3)25(30)27-18-10-12-19(13-11-18)32-5-2/h6-13,17H,4-5,14-16H2,1-3H3,(H,27,30). The van der Waals surface area contributed by atoms with Crippen molar-refractivity contribution in [1.29, 1.82) is 0 Å². The Morgan fingerprint density at radius 3 is 2.61 bits per heavy atom. The molecule has 7 nitrogen and oxygen atoms in total. The number of fused-ring (bicyclic) bond motifs is 2. The summed E-state index contributed by atoms with van der Waals surface area (Å²) in [6.45, 7) is 8.60. The molecule has 0 radical (unpaired) electrons. The molecule has 1 amide bonds. The molecule has 0 saturated carbocycles. The summed E-state index contributed by atoms with van der Waals surface area (Å²) in [5, 5.41) is 3.54. The summed E-state index contributed by atoms with van der Waals surface area (Å²) in [6.07, 6.45) is -0.181.